The van der Waals surface area contributed by atoms with Crippen LogP contribution in [-0.2, 0) is 0 Å². The minimum Gasteiger partial charge on any atom is -0.494 e. The van der Waals surface area contributed by atoms with Crippen LogP contribution in [0.4, 0.5) is 5.69 Å². The molecule has 1 aromatic carbocycles. The Hall–Kier alpha value is -0.600. The summed E-state index contributed by atoms with van der Waals surface area (Å²) >= 11 is 11.4. The Morgan fingerprint density at radius 3 is 2.55 bits per heavy atom. The van der Waals surface area contributed by atoms with Gasteiger partial charge in [-0.15, -0.1) is 0 Å². The maximum absolute atomic E-state index is 5.71. The van der Waals surface area contributed by atoms with Gasteiger partial charge in [0.1, 0.15) is 5.75 Å². The summed E-state index contributed by atoms with van der Waals surface area (Å²) in [5.74, 6) is 0.502. The summed E-state index contributed by atoms with van der Waals surface area (Å²) in [5, 5.41) is 0.926. The number of ether oxygens (including phenoxy) is 1. The van der Waals surface area contributed by atoms with Crippen LogP contribution in [0.1, 0.15) is 0 Å². The number of halogens is 2. The van der Waals surface area contributed by atoms with Crippen molar-refractivity contribution in [2.75, 3.05) is 12.8 Å². The maximum Gasteiger partial charge on any atom is 0.144 e. The van der Waals surface area contributed by atoms with Crippen molar-refractivity contribution in [1.29, 1.82) is 0 Å². The molecule has 0 radical (unpaired) electrons. The van der Waals surface area contributed by atoms with Gasteiger partial charge in [0.15, 0.2) is 0 Å². The summed E-state index contributed by atoms with van der Waals surface area (Å²) in [6.07, 6.45) is 0. The van der Waals surface area contributed by atoms with Crippen LogP contribution in [0.25, 0.3) is 0 Å². The third kappa shape index (κ3) is 1.70. The first-order valence-corrected chi connectivity index (χ1v) is 3.69. The molecule has 4 heteroatoms. The smallest absolute Gasteiger partial charge is 0.144 e. The quantitative estimate of drug-likeness (QED) is 0.694. The molecule has 0 aromatic heterocycles. The molecule has 0 aliphatic heterocycles. The highest BCUT2D eigenvalue weighted by molar-refractivity contribution is 6.36. The van der Waals surface area contributed by atoms with Crippen molar-refractivity contribution in [2.24, 2.45) is 0 Å². The first-order chi connectivity index (χ1) is 5.15. The Kier molecular flexibility index (Phi) is 2.47. The zero-order valence-electron chi connectivity index (χ0n) is 5.90. The van der Waals surface area contributed by atoms with Crippen LogP contribution in [-0.4, -0.2) is 7.11 Å². The fourth-order valence-corrected chi connectivity index (χ4v) is 1.20. The molecule has 0 amide bonds. The summed E-state index contributed by atoms with van der Waals surface area (Å²) in [4.78, 5) is 0. The second-order valence-electron chi connectivity index (χ2n) is 2.00. The third-order valence-electron chi connectivity index (χ3n) is 1.28. The van der Waals surface area contributed by atoms with Crippen molar-refractivity contribution >= 4 is 28.9 Å². The van der Waals surface area contributed by atoms with E-state index in [9.17, 15) is 0 Å². The van der Waals surface area contributed by atoms with E-state index in [4.69, 9.17) is 33.7 Å². The predicted octanol–water partition coefficient (Wildman–Crippen LogP) is 2.58. The summed E-state index contributed by atoms with van der Waals surface area (Å²) in [6.45, 7) is 0. The molecule has 0 fully saturated rings. The van der Waals surface area contributed by atoms with E-state index in [1.165, 1.54) is 7.11 Å². The van der Waals surface area contributed by atoms with Gasteiger partial charge in [-0.05, 0) is 6.07 Å². The summed E-state index contributed by atoms with van der Waals surface area (Å²) in [5.41, 5.74) is 5.96. The van der Waals surface area contributed by atoms with Gasteiger partial charge in [-0.2, -0.15) is 0 Å². The van der Waals surface area contributed by atoms with Crippen molar-refractivity contribution < 1.29 is 4.74 Å². The van der Waals surface area contributed by atoms with Crippen molar-refractivity contribution in [3.8, 4) is 5.75 Å². The number of benzene rings is 1. The predicted molar refractivity (Wildman–Crippen MR) is 47.4 cm³/mol. The Morgan fingerprint density at radius 2 is 2.00 bits per heavy atom. The molecule has 2 N–H and O–H groups in total. The zero-order chi connectivity index (χ0) is 8.43. The first-order valence-electron chi connectivity index (χ1n) is 2.93. The van der Waals surface area contributed by atoms with Crippen LogP contribution < -0.4 is 10.5 Å². The molecule has 0 heterocycles. The van der Waals surface area contributed by atoms with E-state index in [1.807, 2.05) is 0 Å². The van der Waals surface area contributed by atoms with Crippen molar-refractivity contribution in [2.45, 2.75) is 0 Å². The lowest BCUT2D eigenvalue weighted by atomic mass is 10.3. The highest BCUT2D eigenvalue weighted by Crippen LogP contribution is 2.32. The lowest BCUT2D eigenvalue weighted by molar-refractivity contribution is 0.417. The van der Waals surface area contributed by atoms with Gasteiger partial charge >= 0.3 is 0 Å². The average Bonchev–Trinajstić information content (AvgIpc) is 1.96. The minimum absolute atomic E-state index is 0.411. The summed E-state index contributed by atoms with van der Waals surface area (Å²) < 4.78 is 4.91. The molecule has 0 unspecified atom stereocenters. The van der Waals surface area contributed by atoms with Crippen LogP contribution in [0.5, 0.6) is 5.75 Å². The highest BCUT2D eigenvalue weighted by Gasteiger charge is 2.04. The van der Waals surface area contributed by atoms with Crippen LogP contribution in [0.3, 0.4) is 0 Å². The topological polar surface area (TPSA) is 35.2 Å². The van der Waals surface area contributed by atoms with Crippen LogP contribution in [0.15, 0.2) is 12.1 Å². The molecule has 1 rings (SSSR count). The lowest BCUT2D eigenvalue weighted by Gasteiger charge is -2.05. The number of hydrogen-bond donors (Lipinski definition) is 1. The second-order valence-corrected chi connectivity index (χ2v) is 2.85. The number of methoxy groups -OCH3 is 1. The van der Waals surface area contributed by atoms with E-state index in [-0.39, 0.29) is 0 Å². The van der Waals surface area contributed by atoms with Gasteiger partial charge in [0, 0.05) is 11.1 Å². The molecule has 0 aliphatic carbocycles. The van der Waals surface area contributed by atoms with E-state index in [2.05, 4.69) is 0 Å². The zero-order valence-corrected chi connectivity index (χ0v) is 7.41. The number of anilines is 1. The number of rotatable bonds is 1. The largest absolute Gasteiger partial charge is 0.494 e. The first kappa shape index (κ1) is 8.50. The van der Waals surface area contributed by atoms with Gasteiger partial charge in [0.25, 0.3) is 0 Å². The molecule has 0 saturated carbocycles. The van der Waals surface area contributed by atoms with Crippen LogP contribution in [0, 0.1) is 0 Å². The summed E-state index contributed by atoms with van der Waals surface area (Å²) in [7, 11) is 1.51. The van der Waals surface area contributed by atoms with Gasteiger partial charge in [0.2, 0.25) is 0 Å². The standard InChI is InChI=1S/C7H7Cl2NO/c1-11-6-3-4(8)2-5(9)7(6)10/h2-3H,10H2,1H3. The number of nitrogen functional groups attached to an aromatic ring is 1. The molecule has 0 saturated heterocycles. The molecule has 11 heavy (non-hydrogen) atoms. The molecule has 60 valence electrons. The number of nitrogens with two attached hydrogens (primary N) is 1. The fourth-order valence-electron chi connectivity index (χ4n) is 0.730. The van der Waals surface area contributed by atoms with E-state index in [1.54, 1.807) is 12.1 Å². The maximum atomic E-state index is 5.71. The molecule has 1 aromatic rings. The lowest BCUT2D eigenvalue weighted by Crippen LogP contribution is -1.92. The molecular formula is C7H7Cl2NO. The third-order valence-corrected chi connectivity index (χ3v) is 1.81. The second kappa shape index (κ2) is 3.20. The molecule has 0 spiro atoms. The van der Waals surface area contributed by atoms with Crippen molar-refractivity contribution in [3.05, 3.63) is 22.2 Å². The van der Waals surface area contributed by atoms with Gasteiger partial charge in [0.05, 0.1) is 17.8 Å². The van der Waals surface area contributed by atoms with E-state index >= 15 is 0 Å². The average molecular weight is 192 g/mol. The van der Waals surface area contributed by atoms with E-state index in [0.29, 0.717) is 21.5 Å². The Labute approximate surface area is 74.9 Å². The van der Waals surface area contributed by atoms with Gasteiger partial charge in [-0.1, -0.05) is 23.2 Å². The normalized spacial score (nSPS) is 9.73. The Morgan fingerprint density at radius 1 is 1.36 bits per heavy atom. The van der Waals surface area contributed by atoms with Gasteiger partial charge in [-0.25, -0.2) is 0 Å². The monoisotopic (exact) mass is 191 g/mol. The minimum atomic E-state index is 0.411. The number of hydrogen-bond acceptors (Lipinski definition) is 2. The Bertz CT molecular complexity index is 275. The summed E-state index contributed by atoms with van der Waals surface area (Å²) in [6, 6.07) is 3.18. The molecule has 0 aliphatic rings. The molecule has 2 nitrogen and oxygen atoms in total. The van der Waals surface area contributed by atoms with E-state index in [0.717, 1.165) is 0 Å². The highest BCUT2D eigenvalue weighted by atomic mass is 35.5. The van der Waals surface area contributed by atoms with Crippen LogP contribution in [0.2, 0.25) is 10.0 Å². The SMILES string of the molecule is COc1cc(Cl)cc(Cl)c1N. The molecular weight excluding hydrogens is 185 g/mol. The fraction of sp³-hybridized carbons (Fsp3) is 0.143. The van der Waals surface area contributed by atoms with Crippen molar-refractivity contribution in [1.82, 2.24) is 0 Å². The molecule has 0 atom stereocenters. The van der Waals surface area contributed by atoms with Gasteiger partial charge in [-0.3, -0.25) is 0 Å². The van der Waals surface area contributed by atoms with Gasteiger partial charge < -0.3 is 10.5 Å². The Balaban J connectivity index is 3.24. The molecule has 0 bridgehead atoms. The van der Waals surface area contributed by atoms with Crippen LogP contribution >= 0.6 is 23.2 Å². The van der Waals surface area contributed by atoms with Crippen molar-refractivity contribution in [3.63, 3.8) is 0 Å². The van der Waals surface area contributed by atoms with E-state index < -0.39 is 0 Å².